The average molecular weight is 208 g/mol. The van der Waals surface area contributed by atoms with Crippen molar-refractivity contribution in [1.82, 2.24) is 4.98 Å². The Morgan fingerprint density at radius 3 is 2.60 bits per heavy atom. The van der Waals surface area contributed by atoms with Gasteiger partial charge in [0.1, 0.15) is 11.6 Å². The molecule has 0 amide bonds. The lowest BCUT2D eigenvalue weighted by molar-refractivity contribution is 0.418. The summed E-state index contributed by atoms with van der Waals surface area (Å²) in [6.45, 7) is 7.56. The van der Waals surface area contributed by atoms with E-state index < -0.39 is 0 Å². The van der Waals surface area contributed by atoms with Gasteiger partial charge in [0.15, 0.2) is 0 Å². The molecule has 0 bridgehead atoms. The van der Waals surface area contributed by atoms with E-state index in [0.29, 0.717) is 5.82 Å². The van der Waals surface area contributed by atoms with E-state index in [-0.39, 0.29) is 5.41 Å². The number of anilines is 2. The summed E-state index contributed by atoms with van der Waals surface area (Å²) in [6.07, 6.45) is 0. The van der Waals surface area contributed by atoms with E-state index >= 15 is 0 Å². The third-order valence-electron chi connectivity index (χ3n) is 1.98. The van der Waals surface area contributed by atoms with Crippen LogP contribution in [0, 0.1) is 5.41 Å². The fourth-order valence-corrected chi connectivity index (χ4v) is 1.51. The van der Waals surface area contributed by atoms with Crippen LogP contribution in [0.2, 0.25) is 0 Å². The monoisotopic (exact) mass is 208 g/mol. The summed E-state index contributed by atoms with van der Waals surface area (Å²) in [6, 6.07) is 5.76. The fraction of sp³-hybridized carbons (Fsp3) is 0.545. The molecule has 3 N–H and O–H groups in total. The van der Waals surface area contributed by atoms with Crippen LogP contribution in [0.1, 0.15) is 20.8 Å². The molecule has 4 nitrogen and oxygen atoms in total. The van der Waals surface area contributed by atoms with Crippen LogP contribution >= 0.6 is 0 Å². The van der Waals surface area contributed by atoms with Crippen LogP contribution in [0.3, 0.4) is 0 Å². The number of hydrogen-bond donors (Lipinski definition) is 2. The van der Waals surface area contributed by atoms with Crippen molar-refractivity contribution in [2.24, 2.45) is 11.3 Å². The molecule has 0 atom stereocenters. The molecular formula is C11H20N4. The lowest BCUT2D eigenvalue weighted by atomic mass is 9.96. The molecule has 0 aliphatic carbocycles. The number of nitrogens with one attached hydrogen (secondary N) is 1. The summed E-state index contributed by atoms with van der Waals surface area (Å²) in [7, 11) is 2.04. The van der Waals surface area contributed by atoms with Crippen molar-refractivity contribution >= 4 is 11.6 Å². The minimum atomic E-state index is 0.253. The first-order valence-electron chi connectivity index (χ1n) is 5.07. The standard InChI is InChI=1S/C11H20N4/c1-11(2,3)8-15(4)10-7-5-6-9(13-10)14-12/h5-7H,8,12H2,1-4H3,(H,13,14). The van der Waals surface area contributed by atoms with E-state index in [1.807, 2.05) is 25.2 Å². The Kier molecular flexibility index (Phi) is 3.52. The molecule has 0 aliphatic rings. The third kappa shape index (κ3) is 3.75. The Morgan fingerprint density at radius 1 is 1.40 bits per heavy atom. The van der Waals surface area contributed by atoms with Crippen LogP contribution < -0.4 is 16.2 Å². The first kappa shape index (κ1) is 11.8. The lowest BCUT2D eigenvalue weighted by Crippen LogP contribution is -2.29. The van der Waals surface area contributed by atoms with Crippen molar-refractivity contribution in [2.75, 3.05) is 23.9 Å². The fourth-order valence-electron chi connectivity index (χ4n) is 1.51. The number of hydrazine groups is 1. The van der Waals surface area contributed by atoms with Gasteiger partial charge in [-0.25, -0.2) is 10.8 Å². The smallest absolute Gasteiger partial charge is 0.142 e. The van der Waals surface area contributed by atoms with E-state index in [4.69, 9.17) is 5.84 Å². The van der Waals surface area contributed by atoms with E-state index in [9.17, 15) is 0 Å². The molecule has 4 heteroatoms. The predicted molar refractivity (Wildman–Crippen MR) is 64.8 cm³/mol. The first-order chi connectivity index (χ1) is 6.92. The van der Waals surface area contributed by atoms with Crippen LogP contribution in [0.5, 0.6) is 0 Å². The van der Waals surface area contributed by atoms with Crippen LogP contribution in [0.25, 0.3) is 0 Å². The van der Waals surface area contributed by atoms with Crippen molar-refractivity contribution in [3.05, 3.63) is 18.2 Å². The quantitative estimate of drug-likeness (QED) is 0.588. The highest BCUT2D eigenvalue weighted by atomic mass is 15.3. The van der Waals surface area contributed by atoms with Crippen molar-refractivity contribution in [3.63, 3.8) is 0 Å². The number of rotatable bonds is 3. The van der Waals surface area contributed by atoms with Crippen LogP contribution in [-0.2, 0) is 0 Å². The van der Waals surface area contributed by atoms with Crippen molar-refractivity contribution in [3.8, 4) is 0 Å². The Bertz CT molecular complexity index is 317. The molecule has 15 heavy (non-hydrogen) atoms. The minimum Gasteiger partial charge on any atom is -0.359 e. The van der Waals surface area contributed by atoms with Gasteiger partial charge >= 0.3 is 0 Å². The predicted octanol–water partition coefficient (Wildman–Crippen LogP) is 1.85. The van der Waals surface area contributed by atoms with Gasteiger partial charge in [-0.15, -0.1) is 0 Å². The summed E-state index contributed by atoms with van der Waals surface area (Å²) in [5.74, 6) is 6.93. The average Bonchev–Trinajstić information content (AvgIpc) is 2.15. The zero-order chi connectivity index (χ0) is 11.5. The van der Waals surface area contributed by atoms with Crippen LogP contribution in [-0.4, -0.2) is 18.6 Å². The molecule has 0 unspecified atom stereocenters. The molecule has 84 valence electrons. The molecule has 0 radical (unpaired) electrons. The van der Waals surface area contributed by atoms with Gasteiger partial charge in [0, 0.05) is 13.6 Å². The zero-order valence-electron chi connectivity index (χ0n) is 9.91. The summed E-state index contributed by atoms with van der Waals surface area (Å²) in [5, 5.41) is 0. The number of aromatic nitrogens is 1. The highest BCUT2D eigenvalue weighted by Gasteiger charge is 2.14. The second kappa shape index (κ2) is 4.49. The first-order valence-corrected chi connectivity index (χ1v) is 5.07. The maximum Gasteiger partial charge on any atom is 0.142 e. The minimum absolute atomic E-state index is 0.253. The van der Waals surface area contributed by atoms with E-state index in [0.717, 1.165) is 12.4 Å². The van der Waals surface area contributed by atoms with Gasteiger partial charge in [0.25, 0.3) is 0 Å². The molecule has 0 saturated heterocycles. The largest absolute Gasteiger partial charge is 0.359 e. The number of nitrogens with zero attached hydrogens (tertiary/aromatic N) is 2. The molecule has 0 aromatic carbocycles. The molecule has 0 aliphatic heterocycles. The number of pyridine rings is 1. The van der Waals surface area contributed by atoms with Gasteiger partial charge in [0.05, 0.1) is 0 Å². The zero-order valence-corrected chi connectivity index (χ0v) is 9.91. The second-order valence-electron chi connectivity index (χ2n) is 4.94. The molecular weight excluding hydrogens is 188 g/mol. The summed E-state index contributed by atoms with van der Waals surface area (Å²) >= 11 is 0. The Labute approximate surface area is 91.5 Å². The molecule has 1 rings (SSSR count). The SMILES string of the molecule is CN(CC(C)(C)C)c1cccc(NN)n1. The molecule has 0 saturated carbocycles. The maximum atomic E-state index is 5.32. The summed E-state index contributed by atoms with van der Waals surface area (Å²) in [4.78, 5) is 6.49. The maximum absolute atomic E-state index is 5.32. The van der Waals surface area contributed by atoms with Crippen molar-refractivity contribution in [2.45, 2.75) is 20.8 Å². The van der Waals surface area contributed by atoms with Crippen LogP contribution in [0.4, 0.5) is 11.6 Å². The molecule has 1 heterocycles. The van der Waals surface area contributed by atoms with Gasteiger partial charge in [-0.1, -0.05) is 26.8 Å². The van der Waals surface area contributed by atoms with E-state index in [2.05, 4.69) is 36.1 Å². The molecule has 1 aromatic heterocycles. The highest BCUT2D eigenvalue weighted by molar-refractivity contribution is 5.45. The topological polar surface area (TPSA) is 54.2 Å². The molecule has 0 fully saturated rings. The van der Waals surface area contributed by atoms with E-state index in [1.54, 1.807) is 0 Å². The number of nitrogens with two attached hydrogens (primary N) is 1. The number of nitrogen functional groups attached to an aromatic ring is 1. The van der Waals surface area contributed by atoms with Gasteiger partial charge in [-0.2, -0.15) is 0 Å². The highest BCUT2D eigenvalue weighted by Crippen LogP contribution is 2.19. The van der Waals surface area contributed by atoms with Gasteiger partial charge in [-0.3, -0.25) is 0 Å². The summed E-state index contributed by atoms with van der Waals surface area (Å²) < 4.78 is 0. The molecule has 1 aromatic rings. The second-order valence-corrected chi connectivity index (χ2v) is 4.94. The normalized spacial score (nSPS) is 11.3. The third-order valence-corrected chi connectivity index (χ3v) is 1.98. The van der Waals surface area contributed by atoms with Crippen molar-refractivity contribution in [1.29, 1.82) is 0 Å². The lowest BCUT2D eigenvalue weighted by Gasteiger charge is -2.27. The van der Waals surface area contributed by atoms with Crippen molar-refractivity contribution < 1.29 is 0 Å². The Balaban J connectivity index is 2.77. The molecule has 0 spiro atoms. The van der Waals surface area contributed by atoms with Crippen LogP contribution in [0.15, 0.2) is 18.2 Å². The van der Waals surface area contributed by atoms with Gasteiger partial charge in [0.2, 0.25) is 0 Å². The number of hydrogen-bond acceptors (Lipinski definition) is 4. The Morgan fingerprint density at radius 2 is 2.07 bits per heavy atom. The Hall–Kier alpha value is -1.29. The van der Waals surface area contributed by atoms with Gasteiger partial charge < -0.3 is 10.3 Å². The van der Waals surface area contributed by atoms with Gasteiger partial charge in [-0.05, 0) is 17.5 Å². The van der Waals surface area contributed by atoms with E-state index in [1.165, 1.54) is 0 Å². The summed E-state index contributed by atoms with van der Waals surface area (Å²) in [5.41, 5.74) is 2.80.